The quantitative estimate of drug-likeness (QED) is 0.480. The third-order valence-electron chi connectivity index (χ3n) is 1.26. The van der Waals surface area contributed by atoms with Gasteiger partial charge in [0.2, 0.25) is 5.91 Å². The Morgan fingerprint density at radius 1 is 1.73 bits per heavy atom. The Hall–Kier alpha value is -1.41. The van der Waals surface area contributed by atoms with Crippen molar-refractivity contribution in [3.63, 3.8) is 0 Å². The topological polar surface area (TPSA) is 78.9 Å². The van der Waals surface area contributed by atoms with Gasteiger partial charge in [0.15, 0.2) is 0 Å². The molecule has 1 rings (SSSR count). The monoisotopic (exact) mass is 167 g/mol. The van der Waals surface area contributed by atoms with Crippen LogP contribution in [-0.4, -0.2) is 10.9 Å². The first-order valence-corrected chi connectivity index (χ1v) is 3.29. The molecule has 0 saturated carbocycles. The largest absolute Gasteiger partial charge is 0.400 e. The van der Waals surface area contributed by atoms with Crippen LogP contribution in [0.2, 0.25) is 0 Å². The highest BCUT2D eigenvalue weighted by atomic mass is 32.1. The fourth-order valence-corrected chi connectivity index (χ4v) is 1.05. The summed E-state index contributed by atoms with van der Waals surface area (Å²) in [6.45, 7) is 0. The van der Waals surface area contributed by atoms with Crippen LogP contribution in [0.15, 0.2) is 11.3 Å². The highest BCUT2D eigenvalue weighted by Gasteiger charge is 2.19. The SMILES string of the molecule is N#CC1=C(N)CC(=O)NC1=S. The molecule has 3 N–H and O–H groups in total. The van der Waals surface area contributed by atoms with Crippen molar-refractivity contribution in [1.82, 2.24) is 5.32 Å². The Labute approximate surface area is 68.7 Å². The van der Waals surface area contributed by atoms with E-state index in [0.717, 1.165) is 0 Å². The lowest BCUT2D eigenvalue weighted by atomic mass is 10.1. The summed E-state index contributed by atoms with van der Waals surface area (Å²) in [4.78, 5) is 10.8. The second-order valence-corrected chi connectivity index (χ2v) is 2.47. The molecule has 0 radical (unpaired) electrons. The number of hydrogen-bond acceptors (Lipinski definition) is 4. The Morgan fingerprint density at radius 2 is 2.36 bits per heavy atom. The number of rotatable bonds is 0. The van der Waals surface area contributed by atoms with Crippen molar-refractivity contribution in [1.29, 1.82) is 5.26 Å². The van der Waals surface area contributed by atoms with Crippen molar-refractivity contribution in [2.75, 3.05) is 0 Å². The van der Waals surface area contributed by atoms with Crippen molar-refractivity contribution in [2.24, 2.45) is 5.73 Å². The molecule has 0 atom stereocenters. The molecular formula is C6H5N3OS. The van der Waals surface area contributed by atoms with Gasteiger partial charge in [-0.2, -0.15) is 5.26 Å². The number of amides is 1. The van der Waals surface area contributed by atoms with Gasteiger partial charge in [-0.15, -0.1) is 0 Å². The fourth-order valence-electron chi connectivity index (χ4n) is 0.763. The minimum absolute atomic E-state index is 0.0586. The fraction of sp³-hybridized carbons (Fsp3) is 0.167. The first-order valence-electron chi connectivity index (χ1n) is 2.88. The molecule has 0 unspecified atom stereocenters. The van der Waals surface area contributed by atoms with Crippen molar-refractivity contribution in [3.05, 3.63) is 11.3 Å². The summed E-state index contributed by atoms with van der Waals surface area (Å²) < 4.78 is 0. The van der Waals surface area contributed by atoms with Gasteiger partial charge in [-0.3, -0.25) is 4.79 Å². The Kier molecular flexibility index (Phi) is 1.87. The summed E-state index contributed by atoms with van der Waals surface area (Å²) in [5.41, 5.74) is 5.84. The first kappa shape index (κ1) is 7.69. The zero-order chi connectivity index (χ0) is 8.43. The molecule has 5 heteroatoms. The molecule has 0 aromatic heterocycles. The van der Waals surface area contributed by atoms with Crippen molar-refractivity contribution in [2.45, 2.75) is 6.42 Å². The molecule has 56 valence electrons. The minimum Gasteiger partial charge on any atom is -0.400 e. The molecule has 0 aromatic carbocycles. The van der Waals surface area contributed by atoms with Crippen LogP contribution in [0.3, 0.4) is 0 Å². The van der Waals surface area contributed by atoms with Crippen LogP contribution in [0.1, 0.15) is 6.42 Å². The average Bonchev–Trinajstić information content (AvgIpc) is 1.85. The molecule has 4 nitrogen and oxygen atoms in total. The molecule has 1 amide bonds. The first-order chi connectivity index (χ1) is 5.15. The van der Waals surface area contributed by atoms with Crippen LogP contribution in [0, 0.1) is 11.3 Å². The molecule has 1 heterocycles. The lowest BCUT2D eigenvalue weighted by molar-refractivity contribution is -0.119. The van der Waals surface area contributed by atoms with Crippen molar-refractivity contribution < 1.29 is 4.79 Å². The number of nitrogens with zero attached hydrogens (tertiary/aromatic N) is 1. The van der Waals surface area contributed by atoms with E-state index in [1.165, 1.54) is 0 Å². The van der Waals surface area contributed by atoms with Crippen LogP contribution in [0.25, 0.3) is 0 Å². The van der Waals surface area contributed by atoms with E-state index in [1.807, 2.05) is 6.07 Å². The zero-order valence-corrected chi connectivity index (χ0v) is 6.36. The number of thiocarbonyl (C=S) groups is 1. The van der Waals surface area contributed by atoms with E-state index in [2.05, 4.69) is 17.5 Å². The summed E-state index contributed by atoms with van der Waals surface area (Å²) in [6, 6.07) is 1.82. The smallest absolute Gasteiger partial charge is 0.230 e. The van der Waals surface area contributed by atoms with Crippen molar-refractivity contribution in [3.8, 4) is 6.07 Å². The second-order valence-electron chi connectivity index (χ2n) is 2.07. The molecule has 0 aromatic rings. The maximum Gasteiger partial charge on any atom is 0.230 e. The number of nitrogens with two attached hydrogens (primary N) is 1. The maximum absolute atomic E-state index is 10.7. The number of carbonyl (C=O) groups excluding carboxylic acids is 1. The van der Waals surface area contributed by atoms with Gasteiger partial charge in [0.1, 0.15) is 16.6 Å². The second kappa shape index (κ2) is 2.68. The molecule has 0 aliphatic carbocycles. The Balaban J connectivity index is 3.07. The van der Waals surface area contributed by atoms with E-state index in [0.29, 0.717) is 0 Å². The normalized spacial score (nSPS) is 17.7. The highest BCUT2D eigenvalue weighted by molar-refractivity contribution is 7.80. The lowest BCUT2D eigenvalue weighted by Crippen LogP contribution is -2.36. The summed E-state index contributed by atoms with van der Waals surface area (Å²) in [6.07, 6.45) is 0.0586. The molecular weight excluding hydrogens is 162 g/mol. The van der Waals surface area contributed by atoms with E-state index in [-0.39, 0.29) is 28.6 Å². The van der Waals surface area contributed by atoms with E-state index in [4.69, 9.17) is 11.0 Å². The number of carbonyl (C=O) groups is 1. The van der Waals surface area contributed by atoms with Gasteiger partial charge in [-0.1, -0.05) is 12.2 Å². The number of nitrogens with one attached hydrogen (secondary N) is 1. The average molecular weight is 167 g/mol. The lowest BCUT2D eigenvalue weighted by Gasteiger charge is -2.13. The maximum atomic E-state index is 10.7. The summed E-state index contributed by atoms with van der Waals surface area (Å²) in [5.74, 6) is -0.258. The predicted molar refractivity (Wildman–Crippen MR) is 42.2 cm³/mol. The summed E-state index contributed by atoms with van der Waals surface area (Å²) in [5, 5.41) is 10.8. The van der Waals surface area contributed by atoms with Gasteiger partial charge in [0, 0.05) is 5.70 Å². The molecule has 0 fully saturated rings. The standard InChI is InChI=1S/C6H5N3OS/c7-2-3-4(8)1-5(10)9-6(3)11/h1,8H2,(H,9,10,11). The zero-order valence-electron chi connectivity index (χ0n) is 5.55. The van der Waals surface area contributed by atoms with E-state index >= 15 is 0 Å². The highest BCUT2D eigenvalue weighted by Crippen LogP contribution is 2.08. The molecule has 1 aliphatic heterocycles. The third-order valence-corrected chi connectivity index (χ3v) is 1.57. The van der Waals surface area contributed by atoms with E-state index < -0.39 is 0 Å². The molecule has 0 spiro atoms. The van der Waals surface area contributed by atoms with Crippen LogP contribution in [-0.2, 0) is 4.79 Å². The van der Waals surface area contributed by atoms with Gasteiger partial charge in [-0.05, 0) is 0 Å². The molecule has 0 bridgehead atoms. The number of hydrogen-bond donors (Lipinski definition) is 2. The molecule has 11 heavy (non-hydrogen) atoms. The van der Waals surface area contributed by atoms with Crippen molar-refractivity contribution >= 4 is 23.1 Å². The van der Waals surface area contributed by atoms with Crippen LogP contribution in [0.5, 0.6) is 0 Å². The van der Waals surface area contributed by atoms with Gasteiger partial charge in [0.05, 0.1) is 6.42 Å². The predicted octanol–water partition coefficient (Wildman–Crippen LogP) is -0.430. The summed E-state index contributed by atoms with van der Waals surface area (Å²) in [7, 11) is 0. The Morgan fingerprint density at radius 3 is 2.82 bits per heavy atom. The van der Waals surface area contributed by atoms with Crippen LogP contribution < -0.4 is 11.1 Å². The van der Waals surface area contributed by atoms with Gasteiger partial charge >= 0.3 is 0 Å². The van der Waals surface area contributed by atoms with Gasteiger partial charge in [-0.25, -0.2) is 0 Å². The van der Waals surface area contributed by atoms with Gasteiger partial charge < -0.3 is 11.1 Å². The summed E-state index contributed by atoms with van der Waals surface area (Å²) >= 11 is 4.69. The van der Waals surface area contributed by atoms with Crippen LogP contribution in [0.4, 0.5) is 0 Å². The Bertz CT molecular complexity index is 299. The minimum atomic E-state index is -0.258. The molecule has 0 saturated heterocycles. The van der Waals surface area contributed by atoms with Crippen LogP contribution >= 0.6 is 12.2 Å². The van der Waals surface area contributed by atoms with Gasteiger partial charge in [0.25, 0.3) is 0 Å². The third kappa shape index (κ3) is 1.36. The van der Waals surface area contributed by atoms with E-state index in [1.54, 1.807) is 0 Å². The number of nitriles is 1. The molecule has 1 aliphatic rings. The van der Waals surface area contributed by atoms with E-state index in [9.17, 15) is 4.79 Å².